The summed E-state index contributed by atoms with van der Waals surface area (Å²) in [5, 5.41) is 4.72. The van der Waals surface area contributed by atoms with Gasteiger partial charge in [0, 0.05) is 35.0 Å². The van der Waals surface area contributed by atoms with E-state index in [2.05, 4.69) is 38.7 Å². The Kier molecular flexibility index (Phi) is 6.02. The van der Waals surface area contributed by atoms with Gasteiger partial charge in [0.25, 0.3) is 0 Å². The minimum absolute atomic E-state index is 0.0246. The van der Waals surface area contributed by atoms with E-state index in [1.54, 1.807) is 29.4 Å². The number of aliphatic imine (C=N–C) groups is 1. The highest BCUT2D eigenvalue weighted by Crippen LogP contribution is 2.42. The molecule has 1 aliphatic carbocycles. The van der Waals surface area contributed by atoms with Crippen molar-refractivity contribution < 1.29 is 9.53 Å². The molecule has 3 atom stereocenters. The van der Waals surface area contributed by atoms with Crippen molar-refractivity contribution >= 4 is 56.9 Å². The minimum atomic E-state index is 0.0246. The highest BCUT2D eigenvalue weighted by atomic mass is 32.2. The number of nitrogens with one attached hydrogen (secondary N) is 1. The van der Waals surface area contributed by atoms with E-state index >= 15 is 0 Å². The second kappa shape index (κ2) is 9.19. The maximum Gasteiger partial charge on any atom is 0.226 e. The van der Waals surface area contributed by atoms with Crippen LogP contribution in [-0.4, -0.2) is 58.5 Å². The van der Waals surface area contributed by atoms with E-state index in [4.69, 9.17) is 4.74 Å². The summed E-state index contributed by atoms with van der Waals surface area (Å²) in [6, 6.07) is 4.39. The molecular formula is C26H29N5O2S2. The fourth-order valence-electron chi connectivity index (χ4n) is 5.56. The molecule has 182 valence electrons. The number of rotatable bonds is 4. The fraction of sp³-hybridized carbons (Fsp3) is 0.462. The summed E-state index contributed by atoms with van der Waals surface area (Å²) >= 11 is 3.43. The molecule has 0 saturated carbocycles. The van der Waals surface area contributed by atoms with Gasteiger partial charge in [-0.2, -0.15) is 0 Å². The van der Waals surface area contributed by atoms with Gasteiger partial charge in [-0.1, -0.05) is 0 Å². The summed E-state index contributed by atoms with van der Waals surface area (Å²) in [5.41, 5.74) is 4.77. The first kappa shape index (κ1) is 22.9. The third-order valence-electron chi connectivity index (χ3n) is 7.13. The fourth-order valence-corrected chi connectivity index (χ4v) is 7.42. The van der Waals surface area contributed by atoms with Gasteiger partial charge in [-0.3, -0.25) is 9.79 Å². The van der Waals surface area contributed by atoms with Crippen molar-refractivity contribution in [3.63, 3.8) is 0 Å². The number of carbonyl (C=O) groups excluding carboxylic acids is 1. The van der Waals surface area contributed by atoms with Gasteiger partial charge in [-0.15, -0.1) is 23.1 Å². The zero-order chi connectivity index (χ0) is 24.1. The Hall–Kier alpha value is -2.49. The lowest BCUT2D eigenvalue weighted by molar-refractivity contribution is -0.147. The smallest absolute Gasteiger partial charge is 0.226 e. The Morgan fingerprint density at radius 2 is 2.06 bits per heavy atom. The van der Waals surface area contributed by atoms with Crippen molar-refractivity contribution in [2.75, 3.05) is 24.7 Å². The van der Waals surface area contributed by atoms with E-state index < -0.39 is 0 Å². The highest BCUT2D eigenvalue weighted by Gasteiger charge is 2.34. The topological polar surface area (TPSA) is 79.7 Å². The van der Waals surface area contributed by atoms with Gasteiger partial charge < -0.3 is 15.0 Å². The van der Waals surface area contributed by atoms with Crippen LogP contribution in [0.25, 0.3) is 10.2 Å². The van der Waals surface area contributed by atoms with Crippen LogP contribution >= 0.6 is 23.1 Å². The molecule has 6 rings (SSSR count). The van der Waals surface area contributed by atoms with Crippen LogP contribution < -0.4 is 5.32 Å². The molecule has 9 heteroatoms. The number of aromatic nitrogens is 2. The van der Waals surface area contributed by atoms with Gasteiger partial charge in [0.15, 0.2) is 0 Å². The number of fused-ring (bicyclic) bond motifs is 4. The van der Waals surface area contributed by atoms with Crippen LogP contribution in [0.5, 0.6) is 0 Å². The second-order valence-corrected chi connectivity index (χ2v) is 11.6. The van der Waals surface area contributed by atoms with E-state index in [1.807, 2.05) is 25.0 Å². The lowest BCUT2D eigenvalue weighted by Gasteiger charge is -2.37. The Morgan fingerprint density at radius 3 is 2.86 bits per heavy atom. The van der Waals surface area contributed by atoms with Crippen LogP contribution in [0.2, 0.25) is 0 Å². The standard InChI is InChI=1S/C26H29N5O2S2/c1-14-11-31(12-15(2)33-14)26(32)16-4-5-19-21(7-16)35-25-23(19)24(28-13-29-25)30-20-6-17-9-27-10-18(17)8-22(20)34-3/h6,8-9,13-16H,4-5,7,10-12H2,1-3H3,(H,28,29,30)/t14-,15-,16+/m1/s1. The molecule has 35 heavy (non-hydrogen) atoms. The van der Waals surface area contributed by atoms with E-state index in [1.165, 1.54) is 20.9 Å². The number of benzene rings is 1. The zero-order valence-corrected chi connectivity index (χ0v) is 21.8. The molecule has 1 amide bonds. The number of aryl methyl sites for hydroxylation is 1. The summed E-state index contributed by atoms with van der Waals surface area (Å²) in [5.74, 6) is 1.14. The van der Waals surface area contributed by atoms with E-state index in [9.17, 15) is 4.79 Å². The van der Waals surface area contributed by atoms with Crippen molar-refractivity contribution in [2.45, 2.75) is 56.8 Å². The van der Waals surface area contributed by atoms with Crippen molar-refractivity contribution in [1.82, 2.24) is 14.9 Å². The predicted octanol–water partition coefficient (Wildman–Crippen LogP) is 4.83. The maximum absolute atomic E-state index is 13.4. The molecule has 7 nitrogen and oxygen atoms in total. The van der Waals surface area contributed by atoms with E-state index in [0.717, 1.165) is 53.1 Å². The number of hydrogen-bond acceptors (Lipinski definition) is 8. The van der Waals surface area contributed by atoms with Gasteiger partial charge >= 0.3 is 0 Å². The van der Waals surface area contributed by atoms with Crippen LogP contribution in [0.15, 0.2) is 28.3 Å². The van der Waals surface area contributed by atoms with Crippen LogP contribution in [-0.2, 0) is 28.9 Å². The molecule has 0 bridgehead atoms. The monoisotopic (exact) mass is 507 g/mol. The average molecular weight is 508 g/mol. The molecule has 1 saturated heterocycles. The molecule has 1 N–H and O–H groups in total. The molecule has 0 spiro atoms. The third-order valence-corrected chi connectivity index (χ3v) is 9.07. The number of thioether (sulfide) groups is 1. The number of nitrogens with zero attached hydrogens (tertiary/aromatic N) is 4. The van der Waals surface area contributed by atoms with E-state index in [0.29, 0.717) is 13.1 Å². The second-order valence-electron chi connectivity index (χ2n) is 9.69. The molecule has 0 unspecified atom stereocenters. The first-order chi connectivity index (χ1) is 17.0. The Bertz CT molecular complexity index is 1330. The van der Waals surface area contributed by atoms with Crippen LogP contribution in [0.4, 0.5) is 11.5 Å². The molecule has 0 radical (unpaired) electrons. The lowest BCUT2D eigenvalue weighted by atomic mass is 9.86. The van der Waals surface area contributed by atoms with Gasteiger partial charge in [-0.25, -0.2) is 9.97 Å². The van der Waals surface area contributed by atoms with Gasteiger partial charge in [-0.05, 0) is 68.2 Å². The maximum atomic E-state index is 13.4. The van der Waals surface area contributed by atoms with Crippen LogP contribution in [0.3, 0.4) is 0 Å². The number of thiophene rings is 1. The number of carbonyl (C=O) groups is 1. The first-order valence-corrected chi connectivity index (χ1v) is 14.2. The molecule has 1 fully saturated rings. The quantitative estimate of drug-likeness (QED) is 0.510. The summed E-state index contributed by atoms with van der Waals surface area (Å²) in [6.45, 7) is 6.21. The van der Waals surface area contributed by atoms with Crippen molar-refractivity contribution in [2.24, 2.45) is 10.9 Å². The van der Waals surface area contributed by atoms with Gasteiger partial charge in [0.05, 0.1) is 29.8 Å². The normalized spacial score (nSPS) is 23.4. The summed E-state index contributed by atoms with van der Waals surface area (Å²) in [7, 11) is 0. The Morgan fingerprint density at radius 1 is 1.23 bits per heavy atom. The largest absolute Gasteiger partial charge is 0.372 e. The molecule has 3 aliphatic rings. The molecule has 1 aromatic carbocycles. The number of amides is 1. The van der Waals surface area contributed by atoms with Crippen molar-refractivity contribution in [3.05, 3.63) is 40.0 Å². The third kappa shape index (κ3) is 4.23. The molecule has 2 aliphatic heterocycles. The summed E-state index contributed by atoms with van der Waals surface area (Å²) in [4.78, 5) is 32.5. The lowest BCUT2D eigenvalue weighted by Crippen LogP contribution is -2.50. The number of anilines is 2. The predicted molar refractivity (Wildman–Crippen MR) is 142 cm³/mol. The summed E-state index contributed by atoms with van der Waals surface area (Å²) < 4.78 is 5.83. The zero-order valence-electron chi connectivity index (χ0n) is 20.2. The number of ether oxygens (including phenoxy) is 1. The van der Waals surface area contributed by atoms with Crippen molar-refractivity contribution in [3.8, 4) is 0 Å². The van der Waals surface area contributed by atoms with Crippen LogP contribution in [0.1, 0.15) is 41.8 Å². The summed E-state index contributed by atoms with van der Waals surface area (Å²) in [6.07, 6.45) is 8.36. The molecule has 3 aromatic rings. The average Bonchev–Trinajstić information content (AvgIpc) is 3.46. The number of morpholine rings is 1. The minimum Gasteiger partial charge on any atom is -0.372 e. The number of hydrogen-bond donors (Lipinski definition) is 1. The first-order valence-electron chi connectivity index (χ1n) is 12.2. The van der Waals surface area contributed by atoms with Gasteiger partial charge in [0.1, 0.15) is 17.0 Å². The van der Waals surface area contributed by atoms with E-state index in [-0.39, 0.29) is 24.0 Å². The molecule has 2 aromatic heterocycles. The molecular weight excluding hydrogens is 478 g/mol. The molecule has 4 heterocycles. The Balaban J connectivity index is 1.29. The van der Waals surface area contributed by atoms with Gasteiger partial charge in [0.2, 0.25) is 5.91 Å². The SMILES string of the molecule is CSc1cc2c(cc1Nc1ncnc3sc4c(c13)CC[C@H](C(=O)N1C[C@@H](C)O[C@H](C)C1)C4)C=NC2. The Labute approximate surface area is 213 Å². The highest BCUT2D eigenvalue weighted by molar-refractivity contribution is 7.98. The van der Waals surface area contributed by atoms with Crippen molar-refractivity contribution in [1.29, 1.82) is 0 Å². The van der Waals surface area contributed by atoms with Crippen LogP contribution in [0, 0.1) is 5.92 Å².